The molecule has 0 saturated heterocycles. The SMILES string of the molecule is CCC(C)C1C([Si](C)(C)C2c3ccccc3-c3ccccc32)=Cc2ccccc21. The zero-order valence-corrected chi connectivity index (χ0v) is 18.9. The minimum atomic E-state index is -1.82. The molecule has 0 N–H and O–H groups in total. The summed E-state index contributed by atoms with van der Waals surface area (Å²) in [6, 6.07) is 27.4. The number of hydrogen-bond donors (Lipinski definition) is 0. The maximum absolute atomic E-state index is 2.61. The fourth-order valence-electron chi connectivity index (χ4n) is 5.89. The number of allylic oxidation sites excluding steroid dienone is 1. The van der Waals surface area contributed by atoms with Gasteiger partial charge in [0.1, 0.15) is 0 Å². The van der Waals surface area contributed by atoms with Crippen LogP contribution >= 0.6 is 0 Å². The summed E-state index contributed by atoms with van der Waals surface area (Å²) in [5.74, 6) is 1.24. The number of hydrogen-bond acceptors (Lipinski definition) is 0. The molecule has 2 aliphatic carbocycles. The van der Waals surface area contributed by atoms with E-state index < -0.39 is 8.07 Å². The molecule has 3 aromatic rings. The Labute approximate surface area is 176 Å². The molecule has 0 fully saturated rings. The Kier molecular flexibility index (Phi) is 4.40. The Morgan fingerprint density at radius 2 is 1.28 bits per heavy atom. The lowest BCUT2D eigenvalue weighted by atomic mass is 9.87. The summed E-state index contributed by atoms with van der Waals surface area (Å²) < 4.78 is 0. The van der Waals surface area contributed by atoms with E-state index in [0.717, 1.165) is 0 Å². The Balaban J connectivity index is 1.69. The first-order chi connectivity index (χ1) is 14.0. The second kappa shape index (κ2) is 6.85. The van der Waals surface area contributed by atoms with Crippen molar-refractivity contribution in [2.24, 2.45) is 5.92 Å². The predicted molar refractivity (Wildman–Crippen MR) is 128 cm³/mol. The van der Waals surface area contributed by atoms with Crippen molar-refractivity contribution in [2.75, 3.05) is 0 Å². The van der Waals surface area contributed by atoms with Crippen LogP contribution in [-0.4, -0.2) is 8.07 Å². The predicted octanol–water partition coefficient (Wildman–Crippen LogP) is 7.81. The van der Waals surface area contributed by atoms with Crippen LogP contribution in [-0.2, 0) is 0 Å². The van der Waals surface area contributed by atoms with Gasteiger partial charge in [0.25, 0.3) is 0 Å². The molecule has 3 aromatic carbocycles. The smallest absolute Gasteiger partial charge is 0.0717 e. The Bertz CT molecular complexity index is 1060. The lowest BCUT2D eigenvalue weighted by Gasteiger charge is -2.38. The maximum Gasteiger partial charge on any atom is 0.0885 e. The van der Waals surface area contributed by atoms with Crippen molar-refractivity contribution >= 4 is 14.1 Å². The number of benzene rings is 3. The second-order valence-electron chi connectivity index (χ2n) is 9.42. The topological polar surface area (TPSA) is 0 Å². The lowest BCUT2D eigenvalue weighted by molar-refractivity contribution is 0.503. The van der Waals surface area contributed by atoms with Gasteiger partial charge in [-0.25, -0.2) is 0 Å². The highest BCUT2D eigenvalue weighted by atomic mass is 28.3. The summed E-state index contributed by atoms with van der Waals surface area (Å²) in [5.41, 5.74) is 9.52. The van der Waals surface area contributed by atoms with Crippen molar-refractivity contribution in [1.29, 1.82) is 0 Å². The molecule has 2 atom stereocenters. The fraction of sp³-hybridized carbons (Fsp3) is 0.286. The molecule has 0 saturated carbocycles. The van der Waals surface area contributed by atoms with Crippen LogP contribution in [0.5, 0.6) is 0 Å². The average Bonchev–Trinajstić information content (AvgIpc) is 3.30. The monoisotopic (exact) mass is 394 g/mol. The number of fused-ring (bicyclic) bond motifs is 4. The number of rotatable bonds is 4. The third kappa shape index (κ3) is 2.71. The molecule has 5 rings (SSSR count). The van der Waals surface area contributed by atoms with Crippen molar-refractivity contribution in [2.45, 2.75) is 44.8 Å². The van der Waals surface area contributed by atoms with E-state index in [1.54, 1.807) is 21.9 Å². The molecule has 0 radical (unpaired) electrons. The van der Waals surface area contributed by atoms with Crippen molar-refractivity contribution in [1.82, 2.24) is 0 Å². The molecule has 0 nitrogen and oxygen atoms in total. The van der Waals surface area contributed by atoms with Gasteiger partial charge in [0.2, 0.25) is 0 Å². The molecule has 1 heteroatoms. The van der Waals surface area contributed by atoms with Crippen molar-refractivity contribution in [3.05, 3.63) is 100 Å². The van der Waals surface area contributed by atoms with Crippen LogP contribution < -0.4 is 0 Å². The van der Waals surface area contributed by atoms with Gasteiger partial charge in [0, 0.05) is 11.5 Å². The quantitative estimate of drug-likeness (QED) is 0.396. The minimum absolute atomic E-state index is 0.530. The standard InChI is InChI=1S/C28H30Si/c1-5-19(2)27-21-13-7-6-12-20(21)18-26(27)29(3,4)28-24-16-10-8-14-22(24)23-15-9-11-17-25(23)28/h6-19,27-28H,5H2,1-4H3. The van der Waals surface area contributed by atoms with Crippen LogP contribution in [0.15, 0.2) is 78.0 Å². The summed E-state index contributed by atoms with van der Waals surface area (Å²) in [4.78, 5) is 0. The van der Waals surface area contributed by atoms with Gasteiger partial charge in [-0.2, -0.15) is 0 Å². The van der Waals surface area contributed by atoms with Gasteiger partial charge in [-0.3, -0.25) is 0 Å². The van der Waals surface area contributed by atoms with E-state index in [1.807, 2.05) is 0 Å². The van der Waals surface area contributed by atoms with Gasteiger partial charge in [0.05, 0.1) is 8.07 Å². The third-order valence-electron chi connectivity index (χ3n) is 7.49. The van der Waals surface area contributed by atoms with E-state index in [4.69, 9.17) is 0 Å². The Morgan fingerprint density at radius 3 is 1.86 bits per heavy atom. The molecular formula is C28H30Si. The first kappa shape index (κ1) is 18.6. The van der Waals surface area contributed by atoms with Crippen LogP contribution in [0.4, 0.5) is 0 Å². The van der Waals surface area contributed by atoms with Gasteiger partial charge in [0.15, 0.2) is 0 Å². The van der Waals surface area contributed by atoms with E-state index >= 15 is 0 Å². The Morgan fingerprint density at radius 1 is 0.759 bits per heavy atom. The molecular weight excluding hydrogens is 364 g/mol. The van der Waals surface area contributed by atoms with Crippen molar-refractivity contribution in [3.63, 3.8) is 0 Å². The molecule has 0 aromatic heterocycles. The molecule has 29 heavy (non-hydrogen) atoms. The lowest BCUT2D eigenvalue weighted by Crippen LogP contribution is -2.40. The van der Waals surface area contributed by atoms with Crippen LogP contribution in [0.1, 0.15) is 54.0 Å². The largest absolute Gasteiger partial charge is 0.0885 e. The Hall–Kier alpha value is -2.38. The van der Waals surface area contributed by atoms with Crippen molar-refractivity contribution < 1.29 is 0 Å². The van der Waals surface area contributed by atoms with Gasteiger partial charge in [-0.1, -0.05) is 117 Å². The first-order valence-electron chi connectivity index (χ1n) is 11.0. The molecule has 146 valence electrons. The highest BCUT2D eigenvalue weighted by molar-refractivity contribution is 6.87. The van der Waals surface area contributed by atoms with E-state index in [9.17, 15) is 0 Å². The third-order valence-corrected chi connectivity index (χ3v) is 11.5. The molecule has 2 aliphatic rings. The van der Waals surface area contributed by atoms with E-state index in [1.165, 1.54) is 23.1 Å². The highest BCUT2D eigenvalue weighted by Crippen LogP contribution is 2.55. The molecule has 0 bridgehead atoms. The summed E-state index contributed by atoms with van der Waals surface area (Å²) in [7, 11) is -1.82. The summed E-state index contributed by atoms with van der Waals surface area (Å²) in [5, 5.41) is 1.74. The second-order valence-corrected chi connectivity index (χ2v) is 14.0. The van der Waals surface area contributed by atoms with Crippen molar-refractivity contribution in [3.8, 4) is 11.1 Å². The van der Waals surface area contributed by atoms with Crippen LogP contribution in [0.3, 0.4) is 0 Å². The van der Waals surface area contributed by atoms with Crippen LogP contribution in [0.2, 0.25) is 13.1 Å². The van der Waals surface area contributed by atoms with Gasteiger partial charge in [-0.05, 0) is 39.3 Å². The van der Waals surface area contributed by atoms with E-state index in [0.29, 0.717) is 17.4 Å². The van der Waals surface area contributed by atoms with E-state index in [-0.39, 0.29) is 0 Å². The fourth-order valence-corrected chi connectivity index (χ4v) is 10.0. The molecule has 0 amide bonds. The van der Waals surface area contributed by atoms with Crippen LogP contribution in [0, 0.1) is 5.92 Å². The highest BCUT2D eigenvalue weighted by Gasteiger charge is 2.47. The zero-order valence-electron chi connectivity index (χ0n) is 17.9. The summed E-state index contributed by atoms with van der Waals surface area (Å²) in [6.45, 7) is 10.0. The summed E-state index contributed by atoms with van der Waals surface area (Å²) >= 11 is 0. The van der Waals surface area contributed by atoms with Crippen LogP contribution in [0.25, 0.3) is 17.2 Å². The first-order valence-corrected chi connectivity index (χ1v) is 14.1. The molecule has 0 heterocycles. The van der Waals surface area contributed by atoms with Gasteiger partial charge in [-0.15, -0.1) is 0 Å². The molecule has 0 spiro atoms. The molecule has 2 unspecified atom stereocenters. The average molecular weight is 395 g/mol. The maximum atomic E-state index is 2.61. The normalized spacial score (nSPS) is 18.8. The minimum Gasteiger partial charge on any atom is -0.0717 e. The zero-order chi connectivity index (χ0) is 20.2. The summed E-state index contributed by atoms with van der Waals surface area (Å²) in [6.07, 6.45) is 3.79. The van der Waals surface area contributed by atoms with Gasteiger partial charge >= 0.3 is 0 Å². The van der Waals surface area contributed by atoms with Gasteiger partial charge < -0.3 is 0 Å². The molecule has 0 aliphatic heterocycles. The van der Waals surface area contributed by atoms with E-state index in [2.05, 4.69) is 106 Å².